The van der Waals surface area contributed by atoms with Crippen LogP contribution in [0.4, 0.5) is 0 Å². The SMILES string of the molecule is C1C2CC3CC1CC(C2)C3.C1CC2CC3CC1C2C3.C1CCCCC1.CC.CC.CC.CC.c1ccccc1. The van der Waals surface area contributed by atoms with Crippen molar-refractivity contribution >= 4 is 0 Å². The Morgan fingerprint density at radius 1 is 0.308 bits per heavy atom. The van der Waals surface area contributed by atoms with Crippen LogP contribution in [0.25, 0.3) is 0 Å². The maximum Gasteiger partial charge on any atom is -0.0355 e. The summed E-state index contributed by atoms with van der Waals surface area (Å²) in [5.41, 5.74) is 0. The van der Waals surface area contributed by atoms with E-state index in [1.165, 1.54) is 85.9 Å². The van der Waals surface area contributed by atoms with Gasteiger partial charge in [0.25, 0.3) is 0 Å². The first-order valence-corrected chi connectivity index (χ1v) is 18.3. The first kappa shape index (κ1) is 36.2. The minimum absolute atomic E-state index is 1.18. The van der Waals surface area contributed by atoms with Crippen molar-refractivity contribution in [3.05, 3.63) is 36.4 Å². The molecule has 39 heavy (non-hydrogen) atoms. The van der Waals surface area contributed by atoms with Crippen LogP contribution in [0.15, 0.2) is 36.4 Å². The van der Waals surface area contributed by atoms with Crippen LogP contribution < -0.4 is 0 Å². The molecule has 0 saturated heterocycles. The van der Waals surface area contributed by atoms with Crippen molar-refractivity contribution in [3.8, 4) is 0 Å². The van der Waals surface area contributed by atoms with Crippen molar-refractivity contribution < 1.29 is 0 Å². The molecule has 8 saturated carbocycles. The van der Waals surface area contributed by atoms with E-state index in [4.69, 9.17) is 0 Å². The Hall–Kier alpha value is -0.780. The molecule has 0 N–H and O–H groups in total. The largest absolute Gasteiger partial charge is 0.0683 e. The van der Waals surface area contributed by atoms with Gasteiger partial charge in [-0.2, -0.15) is 0 Å². The van der Waals surface area contributed by atoms with E-state index < -0.39 is 0 Å². The second kappa shape index (κ2) is 22.9. The van der Waals surface area contributed by atoms with Gasteiger partial charge in [-0.05, 0) is 118 Å². The number of fused-ring (bicyclic) bond motifs is 1. The quantitative estimate of drug-likeness (QED) is 0.307. The summed E-state index contributed by atoms with van der Waals surface area (Å²) in [6, 6.07) is 12.0. The highest BCUT2D eigenvalue weighted by Crippen LogP contribution is 2.59. The van der Waals surface area contributed by atoms with Crippen molar-refractivity contribution in [3.63, 3.8) is 0 Å². The topological polar surface area (TPSA) is 0 Å². The molecule has 0 heterocycles. The van der Waals surface area contributed by atoms with Crippen LogP contribution in [-0.2, 0) is 0 Å². The Kier molecular flexibility index (Phi) is 21.2. The van der Waals surface area contributed by atoms with Crippen LogP contribution >= 0.6 is 0 Å². The zero-order chi connectivity index (χ0) is 28.9. The normalized spacial score (nSPS) is 34.5. The summed E-state index contributed by atoms with van der Waals surface area (Å²) in [5.74, 6) is 9.52. The molecule has 2 unspecified atom stereocenters. The van der Waals surface area contributed by atoms with Crippen LogP contribution in [0.3, 0.4) is 0 Å². The van der Waals surface area contributed by atoms with E-state index in [2.05, 4.69) is 0 Å². The highest BCUT2D eigenvalue weighted by Gasteiger charge is 2.49. The molecule has 0 heteroatoms. The third-order valence-corrected chi connectivity index (χ3v) is 10.2. The van der Waals surface area contributed by atoms with Gasteiger partial charge in [-0.15, -0.1) is 0 Å². The molecule has 1 aromatic rings. The Labute approximate surface area is 247 Å². The van der Waals surface area contributed by atoms with Gasteiger partial charge in [0.05, 0.1) is 0 Å². The maximum absolute atomic E-state index is 2.00. The smallest absolute Gasteiger partial charge is 0.0355 e. The third-order valence-electron chi connectivity index (χ3n) is 10.2. The Morgan fingerprint density at radius 3 is 0.744 bits per heavy atom. The van der Waals surface area contributed by atoms with Gasteiger partial charge in [0.2, 0.25) is 0 Å². The van der Waals surface area contributed by atoms with Crippen molar-refractivity contribution in [2.45, 2.75) is 165 Å². The first-order valence-electron chi connectivity index (χ1n) is 18.3. The van der Waals surface area contributed by atoms with Crippen molar-refractivity contribution in [2.24, 2.45) is 47.3 Å². The summed E-state index contributed by atoms with van der Waals surface area (Å²) < 4.78 is 0. The minimum Gasteiger partial charge on any atom is -0.0683 e. The van der Waals surface area contributed by atoms with Crippen molar-refractivity contribution in [1.82, 2.24) is 0 Å². The maximum atomic E-state index is 2.00. The molecule has 8 aliphatic carbocycles. The standard InChI is InChI=1S/C10H16.C9H14.C6H12.C6H6.4C2H6/c1-7-2-9-4-8(1)5-10(3-7)6-9;1-2-8-4-6-3-7(1)9(8)5-6;2*1-2-4-6-5-3-1;4*1-2/h7-10H,1-6H2;6-9H,1-5H2;1-6H2;1-6H;4*1-2H3. The van der Waals surface area contributed by atoms with Crippen LogP contribution in [0, 0.1) is 47.3 Å². The van der Waals surface area contributed by atoms with Gasteiger partial charge in [-0.3, -0.25) is 0 Å². The molecule has 228 valence electrons. The molecular formula is C39H72. The lowest BCUT2D eigenvalue weighted by atomic mass is 9.56. The van der Waals surface area contributed by atoms with Gasteiger partial charge in [-0.1, -0.05) is 130 Å². The Morgan fingerprint density at radius 2 is 0.538 bits per heavy atom. The molecule has 0 amide bonds. The molecule has 6 bridgehead atoms. The molecule has 0 aliphatic heterocycles. The van der Waals surface area contributed by atoms with Gasteiger partial charge in [0.1, 0.15) is 0 Å². The summed E-state index contributed by atoms with van der Waals surface area (Å²) in [6.45, 7) is 16.0. The summed E-state index contributed by atoms with van der Waals surface area (Å²) in [4.78, 5) is 0. The number of rotatable bonds is 0. The molecule has 8 fully saturated rings. The summed E-state index contributed by atoms with van der Waals surface area (Å²) >= 11 is 0. The second-order valence-corrected chi connectivity index (χ2v) is 12.5. The highest BCUT2D eigenvalue weighted by molar-refractivity contribution is 5.00. The molecule has 0 radical (unpaired) electrons. The molecular weight excluding hydrogens is 468 g/mol. The number of hydrogen-bond donors (Lipinski definition) is 0. The monoisotopic (exact) mass is 541 g/mol. The average Bonchev–Trinajstić information content (AvgIpc) is 3.68. The number of hydrogen-bond acceptors (Lipinski definition) is 0. The summed E-state index contributed by atoms with van der Waals surface area (Å²) in [5, 5.41) is 0. The zero-order valence-electron chi connectivity index (χ0n) is 28.1. The Balaban J connectivity index is 0.000000244. The molecule has 0 nitrogen and oxygen atoms in total. The predicted octanol–water partition coefficient (Wildman–Crippen LogP) is 13.4. The fraction of sp³-hybridized carbons (Fsp3) is 0.846. The predicted molar refractivity (Wildman–Crippen MR) is 178 cm³/mol. The Bertz CT molecular complexity index is 517. The van der Waals surface area contributed by atoms with E-state index in [9.17, 15) is 0 Å². The lowest BCUT2D eigenvalue weighted by molar-refractivity contribution is 0.0198. The van der Waals surface area contributed by atoms with Gasteiger partial charge < -0.3 is 0 Å². The zero-order valence-corrected chi connectivity index (χ0v) is 28.1. The second-order valence-electron chi connectivity index (χ2n) is 12.5. The minimum atomic E-state index is 1.18. The van der Waals surface area contributed by atoms with Gasteiger partial charge in [0.15, 0.2) is 0 Å². The van der Waals surface area contributed by atoms with Gasteiger partial charge in [0, 0.05) is 0 Å². The molecule has 9 rings (SSSR count). The fourth-order valence-corrected chi connectivity index (χ4v) is 9.17. The molecule has 0 aromatic heterocycles. The number of benzene rings is 1. The van der Waals surface area contributed by atoms with Crippen LogP contribution in [-0.4, -0.2) is 0 Å². The van der Waals surface area contributed by atoms with E-state index in [0.29, 0.717) is 0 Å². The van der Waals surface area contributed by atoms with E-state index in [1.54, 1.807) is 70.6 Å². The molecule has 8 aliphatic rings. The van der Waals surface area contributed by atoms with E-state index in [-0.39, 0.29) is 0 Å². The summed E-state index contributed by atoms with van der Waals surface area (Å²) in [6.07, 6.45) is 26.6. The first-order chi connectivity index (χ1) is 19.3. The third kappa shape index (κ3) is 12.7. The lowest BCUT2D eigenvalue weighted by Gasteiger charge is -2.49. The summed E-state index contributed by atoms with van der Waals surface area (Å²) in [7, 11) is 0. The van der Waals surface area contributed by atoms with Gasteiger partial charge in [-0.25, -0.2) is 0 Å². The highest BCUT2D eigenvalue weighted by atomic mass is 14.5. The molecule has 0 spiro atoms. The average molecular weight is 541 g/mol. The van der Waals surface area contributed by atoms with Crippen LogP contribution in [0.5, 0.6) is 0 Å². The fourth-order valence-electron chi connectivity index (χ4n) is 9.17. The van der Waals surface area contributed by atoms with Crippen molar-refractivity contribution in [1.29, 1.82) is 0 Å². The lowest BCUT2D eigenvalue weighted by Crippen LogP contribution is -2.38. The molecule has 2 atom stereocenters. The van der Waals surface area contributed by atoms with E-state index in [1.807, 2.05) is 91.8 Å². The van der Waals surface area contributed by atoms with Crippen LogP contribution in [0.2, 0.25) is 0 Å². The van der Waals surface area contributed by atoms with Crippen LogP contribution in [0.1, 0.15) is 165 Å². The van der Waals surface area contributed by atoms with E-state index in [0.717, 1.165) is 0 Å². The van der Waals surface area contributed by atoms with E-state index >= 15 is 0 Å². The van der Waals surface area contributed by atoms with Gasteiger partial charge >= 0.3 is 0 Å². The van der Waals surface area contributed by atoms with Crippen molar-refractivity contribution in [2.75, 3.05) is 0 Å². The molecule has 1 aromatic carbocycles.